The highest BCUT2D eigenvalue weighted by atomic mass is 16.5. The van der Waals surface area contributed by atoms with Crippen LogP contribution in [-0.2, 0) is 9.53 Å². The van der Waals surface area contributed by atoms with E-state index in [0.717, 1.165) is 32.6 Å². The van der Waals surface area contributed by atoms with Gasteiger partial charge < -0.3 is 14.5 Å². The maximum Gasteiger partial charge on any atom is 0.312 e. The van der Waals surface area contributed by atoms with Crippen molar-refractivity contribution in [2.75, 3.05) is 47.4 Å². The molecule has 0 rings (SSSR count). The Bertz CT molecular complexity index is 227. The van der Waals surface area contributed by atoms with Gasteiger partial charge in [0, 0.05) is 6.54 Å². The molecule has 0 fully saturated rings. The van der Waals surface area contributed by atoms with E-state index in [2.05, 4.69) is 30.8 Å². The maximum atomic E-state index is 11.6. The Morgan fingerprint density at radius 2 is 1.82 bits per heavy atom. The topological polar surface area (TPSA) is 32.8 Å². The first kappa shape index (κ1) is 16.4. The SMILES string of the molecule is CCN(CCCN(C)C)CC(C)(C)C(=O)OC. The van der Waals surface area contributed by atoms with E-state index < -0.39 is 5.41 Å². The second-order valence-corrected chi connectivity index (χ2v) is 5.40. The highest BCUT2D eigenvalue weighted by Gasteiger charge is 2.30. The van der Waals surface area contributed by atoms with Crippen LogP contribution in [0, 0.1) is 5.41 Å². The lowest BCUT2D eigenvalue weighted by Gasteiger charge is -2.30. The summed E-state index contributed by atoms with van der Waals surface area (Å²) in [6, 6.07) is 0. The Morgan fingerprint density at radius 3 is 2.24 bits per heavy atom. The highest BCUT2D eigenvalue weighted by Crippen LogP contribution is 2.18. The zero-order valence-corrected chi connectivity index (χ0v) is 12.2. The summed E-state index contributed by atoms with van der Waals surface area (Å²) in [7, 11) is 5.61. The van der Waals surface area contributed by atoms with E-state index in [9.17, 15) is 4.79 Å². The third kappa shape index (κ3) is 6.64. The predicted molar refractivity (Wildman–Crippen MR) is 71.1 cm³/mol. The lowest BCUT2D eigenvalue weighted by Crippen LogP contribution is -2.40. The number of rotatable bonds is 8. The standard InChI is InChI=1S/C13H28N2O2/c1-7-15(10-8-9-14(4)5)11-13(2,3)12(16)17-6/h7-11H2,1-6H3. The number of ether oxygens (including phenoxy) is 1. The number of hydrogen-bond donors (Lipinski definition) is 0. The van der Waals surface area contributed by atoms with Crippen molar-refractivity contribution >= 4 is 5.97 Å². The van der Waals surface area contributed by atoms with Crippen LogP contribution in [0.2, 0.25) is 0 Å². The summed E-state index contributed by atoms with van der Waals surface area (Å²) in [6.07, 6.45) is 1.12. The molecule has 0 N–H and O–H groups in total. The van der Waals surface area contributed by atoms with Crippen molar-refractivity contribution in [3.05, 3.63) is 0 Å². The summed E-state index contributed by atoms with van der Waals surface area (Å²) in [4.78, 5) is 16.1. The molecule has 102 valence electrons. The van der Waals surface area contributed by atoms with E-state index in [1.54, 1.807) is 0 Å². The van der Waals surface area contributed by atoms with Crippen molar-refractivity contribution in [1.82, 2.24) is 9.80 Å². The normalized spacial score (nSPS) is 12.2. The van der Waals surface area contributed by atoms with E-state index in [1.807, 2.05) is 13.8 Å². The Balaban J connectivity index is 4.15. The summed E-state index contributed by atoms with van der Waals surface area (Å²) in [5.41, 5.74) is -0.428. The summed E-state index contributed by atoms with van der Waals surface area (Å²) < 4.78 is 4.83. The molecule has 17 heavy (non-hydrogen) atoms. The Labute approximate surface area is 106 Å². The number of esters is 1. The van der Waals surface area contributed by atoms with Crippen LogP contribution in [0.25, 0.3) is 0 Å². The van der Waals surface area contributed by atoms with Gasteiger partial charge in [-0.05, 0) is 54.0 Å². The number of carbonyl (C=O) groups excluding carboxylic acids is 1. The van der Waals surface area contributed by atoms with Crippen LogP contribution in [-0.4, -0.2) is 63.2 Å². The average molecular weight is 244 g/mol. The first-order valence-corrected chi connectivity index (χ1v) is 6.29. The molecule has 0 aromatic rings. The molecule has 4 heteroatoms. The molecule has 0 radical (unpaired) electrons. The van der Waals surface area contributed by atoms with Gasteiger partial charge in [-0.25, -0.2) is 0 Å². The number of hydrogen-bond acceptors (Lipinski definition) is 4. The van der Waals surface area contributed by atoms with Crippen molar-refractivity contribution in [1.29, 1.82) is 0 Å². The van der Waals surface area contributed by atoms with Crippen LogP contribution in [0.1, 0.15) is 27.2 Å². The van der Waals surface area contributed by atoms with E-state index in [4.69, 9.17) is 4.74 Å². The van der Waals surface area contributed by atoms with Gasteiger partial charge in [0.1, 0.15) is 0 Å². The molecule has 0 amide bonds. The molecular formula is C13H28N2O2. The van der Waals surface area contributed by atoms with Gasteiger partial charge in [0.25, 0.3) is 0 Å². The third-order valence-electron chi connectivity index (χ3n) is 2.88. The van der Waals surface area contributed by atoms with Gasteiger partial charge >= 0.3 is 5.97 Å². The third-order valence-corrected chi connectivity index (χ3v) is 2.88. The van der Waals surface area contributed by atoms with Crippen LogP contribution in [0.3, 0.4) is 0 Å². The fourth-order valence-corrected chi connectivity index (χ4v) is 1.86. The van der Waals surface area contributed by atoms with Gasteiger partial charge in [-0.15, -0.1) is 0 Å². The van der Waals surface area contributed by atoms with Crippen molar-refractivity contribution in [3.63, 3.8) is 0 Å². The van der Waals surface area contributed by atoms with E-state index >= 15 is 0 Å². The molecule has 0 aliphatic rings. The van der Waals surface area contributed by atoms with Gasteiger partial charge in [0.15, 0.2) is 0 Å². The van der Waals surface area contributed by atoms with Crippen LogP contribution in [0.15, 0.2) is 0 Å². The van der Waals surface area contributed by atoms with Crippen LogP contribution in [0.4, 0.5) is 0 Å². The fraction of sp³-hybridized carbons (Fsp3) is 0.923. The summed E-state index contributed by atoms with van der Waals surface area (Å²) in [6.45, 7) is 9.83. The molecule has 0 heterocycles. The molecule has 0 aliphatic heterocycles. The molecule has 0 atom stereocenters. The van der Waals surface area contributed by atoms with E-state index in [-0.39, 0.29) is 5.97 Å². The first-order valence-electron chi connectivity index (χ1n) is 6.29. The lowest BCUT2D eigenvalue weighted by atomic mass is 9.93. The highest BCUT2D eigenvalue weighted by molar-refractivity contribution is 5.76. The minimum absolute atomic E-state index is 0.136. The second kappa shape index (κ2) is 7.67. The number of carbonyl (C=O) groups is 1. The minimum Gasteiger partial charge on any atom is -0.469 e. The summed E-state index contributed by atoms with van der Waals surface area (Å²) in [5, 5.41) is 0. The van der Waals surface area contributed by atoms with Gasteiger partial charge in [0.2, 0.25) is 0 Å². The summed E-state index contributed by atoms with van der Waals surface area (Å²) in [5.74, 6) is -0.136. The Kier molecular flexibility index (Phi) is 7.39. The Hall–Kier alpha value is -0.610. The molecule has 4 nitrogen and oxygen atoms in total. The van der Waals surface area contributed by atoms with Crippen molar-refractivity contribution < 1.29 is 9.53 Å². The molecule has 0 bridgehead atoms. The second-order valence-electron chi connectivity index (χ2n) is 5.40. The largest absolute Gasteiger partial charge is 0.469 e. The average Bonchev–Trinajstić information content (AvgIpc) is 2.25. The lowest BCUT2D eigenvalue weighted by molar-refractivity contribution is -0.151. The molecule has 0 unspecified atom stereocenters. The zero-order valence-electron chi connectivity index (χ0n) is 12.2. The van der Waals surface area contributed by atoms with Crippen molar-refractivity contribution in [2.24, 2.45) is 5.41 Å². The van der Waals surface area contributed by atoms with Crippen LogP contribution >= 0.6 is 0 Å². The van der Waals surface area contributed by atoms with Gasteiger partial charge in [-0.2, -0.15) is 0 Å². The van der Waals surface area contributed by atoms with Crippen LogP contribution in [0.5, 0.6) is 0 Å². The molecule has 0 aliphatic carbocycles. The molecular weight excluding hydrogens is 216 g/mol. The molecule has 0 saturated heterocycles. The molecule has 0 aromatic carbocycles. The monoisotopic (exact) mass is 244 g/mol. The van der Waals surface area contributed by atoms with Gasteiger partial charge in [-0.3, -0.25) is 4.79 Å². The number of methoxy groups -OCH3 is 1. The van der Waals surface area contributed by atoms with Crippen molar-refractivity contribution in [2.45, 2.75) is 27.2 Å². The maximum absolute atomic E-state index is 11.6. The predicted octanol–water partition coefficient (Wildman–Crippen LogP) is 1.46. The van der Waals surface area contributed by atoms with Crippen molar-refractivity contribution in [3.8, 4) is 0 Å². The van der Waals surface area contributed by atoms with E-state index in [1.165, 1.54) is 7.11 Å². The molecule has 0 aromatic heterocycles. The first-order chi connectivity index (χ1) is 7.83. The fourth-order valence-electron chi connectivity index (χ4n) is 1.86. The number of nitrogens with zero attached hydrogens (tertiary/aromatic N) is 2. The molecule has 0 spiro atoms. The zero-order chi connectivity index (χ0) is 13.5. The van der Waals surface area contributed by atoms with Crippen LogP contribution < -0.4 is 0 Å². The van der Waals surface area contributed by atoms with E-state index in [0.29, 0.717) is 0 Å². The quantitative estimate of drug-likeness (QED) is 0.605. The molecule has 0 saturated carbocycles. The summed E-state index contributed by atoms with van der Waals surface area (Å²) >= 11 is 0. The van der Waals surface area contributed by atoms with Gasteiger partial charge in [-0.1, -0.05) is 6.92 Å². The smallest absolute Gasteiger partial charge is 0.312 e. The minimum atomic E-state index is -0.428. The Morgan fingerprint density at radius 1 is 1.24 bits per heavy atom. The van der Waals surface area contributed by atoms with Gasteiger partial charge in [0.05, 0.1) is 12.5 Å².